The van der Waals surface area contributed by atoms with Gasteiger partial charge in [-0.1, -0.05) is 17.7 Å². The van der Waals surface area contributed by atoms with E-state index in [-0.39, 0.29) is 22.5 Å². The van der Waals surface area contributed by atoms with Gasteiger partial charge in [-0.3, -0.25) is 4.79 Å². The van der Waals surface area contributed by atoms with Crippen LogP contribution >= 0.6 is 11.6 Å². The van der Waals surface area contributed by atoms with Crippen molar-refractivity contribution in [1.82, 2.24) is 4.57 Å². The zero-order valence-corrected chi connectivity index (χ0v) is 16.0. The molecule has 7 heteroatoms. The molecule has 3 rings (SSSR count). The van der Waals surface area contributed by atoms with Crippen LogP contribution < -0.4 is 0 Å². The third-order valence-electron chi connectivity index (χ3n) is 4.79. The Hall–Kier alpha value is -2.18. The number of halogens is 2. The van der Waals surface area contributed by atoms with Gasteiger partial charge in [0.2, 0.25) is 5.78 Å². The third-order valence-corrected chi connectivity index (χ3v) is 5.10. The summed E-state index contributed by atoms with van der Waals surface area (Å²) < 4.78 is 26.5. The molecule has 0 radical (unpaired) electrons. The van der Waals surface area contributed by atoms with E-state index < -0.39 is 18.4 Å². The maximum atomic E-state index is 13.8. The van der Waals surface area contributed by atoms with Crippen molar-refractivity contribution in [1.29, 1.82) is 0 Å². The van der Waals surface area contributed by atoms with E-state index >= 15 is 0 Å². The Morgan fingerprint density at radius 3 is 2.81 bits per heavy atom. The quantitative estimate of drug-likeness (QED) is 0.547. The van der Waals surface area contributed by atoms with Crippen LogP contribution in [0.5, 0.6) is 0 Å². The molecule has 0 N–H and O–H groups in total. The van der Waals surface area contributed by atoms with Crippen LogP contribution in [0.3, 0.4) is 0 Å². The second kappa shape index (κ2) is 8.23. The molecule has 1 aromatic carbocycles. The number of hydrogen-bond donors (Lipinski definition) is 0. The summed E-state index contributed by atoms with van der Waals surface area (Å²) in [6.07, 6.45) is 2.20. The Labute approximate surface area is 162 Å². The minimum atomic E-state index is -0.959. The Morgan fingerprint density at radius 2 is 2.15 bits per heavy atom. The lowest BCUT2D eigenvalue weighted by Gasteiger charge is -2.14. The summed E-state index contributed by atoms with van der Waals surface area (Å²) in [5.74, 6) is -2.09. The number of aryl methyl sites for hydroxylation is 1. The summed E-state index contributed by atoms with van der Waals surface area (Å²) in [6.45, 7) is 4.75. The number of hydrogen-bond acceptors (Lipinski definition) is 4. The first-order valence-corrected chi connectivity index (χ1v) is 9.19. The molecule has 27 heavy (non-hydrogen) atoms. The van der Waals surface area contributed by atoms with E-state index in [1.165, 1.54) is 12.1 Å². The van der Waals surface area contributed by atoms with Gasteiger partial charge in [0.1, 0.15) is 11.4 Å². The molecule has 0 bridgehead atoms. The fourth-order valence-electron chi connectivity index (χ4n) is 3.33. The van der Waals surface area contributed by atoms with E-state index in [0.29, 0.717) is 12.1 Å². The van der Waals surface area contributed by atoms with Crippen molar-refractivity contribution in [2.75, 3.05) is 13.2 Å². The molecule has 2 aromatic rings. The SMILES string of the molecule is Cc1cc(C(=O)COC(=O)c2c(F)cccc2Cl)c(C)n1C[C@@H]1CCCO1. The predicted octanol–water partition coefficient (Wildman–Crippen LogP) is 4.12. The highest BCUT2D eigenvalue weighted by atomic mass is 35.5. The van der Waals surface area contributed by atoms with Crippen molar-refractivity contribution >= 4 is 23.4 Å². The van der Waals surface area contributed by atoms with Crippen molar-refractivity contribution in [3.8, 4) is 0 Å². The number of Topliss-reactive ketones (excluding diaryl/α,β-unsaturated/α-hetero) is 1. The first kappa shape index (κ1) is 19.6. The topological polar surface area (TPSA) is 57.5 Å². The lowest BCUT2D eigenvalue weighted by atomic mass is 10.1. The largest absolute Gasteiger partial charge is 0.454 e. The lowest BCUT2D eigenvalue weighted by Crippen LogP contribution is -2.18. The average molecular weight is 394 g/mol. The van der Waals surface area contributed by atoms with Crippen LogP contribution in [-0.4, -0.2) is 35.6 Å². The standard InChI is InChI=1S/C20H21ClFNO4/c1-12-9-15(13(2)23(12)10-14-5-4-8-26-14)18(24)11-27-20(25)19-16(21)6-3-7-17(19)22/h3,6-7,9,14H,4-5,8,10-11H2,1-2H3/t14-/m0/s1. The lowest BCUT2D eigenvalue weighted by molar-refractivity contribution is 0.0470. The molecule has 5 nitrogen and oxygen atoms in total. The number of nitrogens with zero attached hydrogens (tertiary/aromatic N) is 1. The first-order chi connectivity index (χ1) is 12.9. The van der Waals surface area contributed by atoms with E-state index in [1.54, 1.807) is 6.07 Å². The smallest absolute Gasteiger partial charge is 0.343 e. The van der Waals surface area contributed by atoms with Gasteiger partial charge in [0.15, 0.2) is 6.61 Å². The molecule has 0 amide bonds. The number of carbonyl (C=O) groups excluding carboxylic acids is 2. The number of carbonyl (C=O) groups is 2. The Kier molecular flexibility index (Phi) is 5.97. The van der Waals surface area contributed by atoms with Crippen molar-refractivity contribution in [3.05, 3.63) is 57.6 Å². The molecule has 1 atom stereocenters. The van der Waals surface area contributed by atoms with Crippen LogP contribution in [-0.2, 0) is 16.0 Å². The molecule has 1 aliphatic rings. The van der Waals surface area contributed by atoms with Gasteiger partial charge in [0.25, 0.3) is 0 Å². The predicted molar refractivity (Wildman–Crippen MR) is 98.9 cm³/mol. The number of esters is 1. The van der Waals surface area contributed by atoms with E-state index in [0.717, 1.165) is 36.9 Å². The van der Waals surface area contributed by atoms with Gasteiger partial charge in [-0.2, -0.15) is 0 Å². The number of rotatable bonds is 6. The molecule has 0 saturated carbocycles. The van der Waals surface area contributed by atoms with Crippen molar-refractivity contribution in [2.24, 2.45) is 0 Å². The highest BCUT2D eigenvalue weighted by Crippen LogP contribution is 2.22. The first-order valence-electron chi connectivity index (χ1n) is 8.81. The minimum absolute atomic E-state index is 0.0535. The minimum Gasteiger partial charge on any atom is -0.454 e. The van der Waals surface area contributed by atoms with E-state index in [9.17, 15) is 14.0 Å². The second-order valence-corrected chi connectivity index (χ2v) is 7.03. The summed E-state index contributed by atoms with van der Waals surface area (Å²) in [6, 6.07) is 5.67. The van der Waals surface area contributed by atoms with Gasteiger partial charge in [-0.25, -0.2) is 9.18 Å². The molecule has 1 fully saturated rings. The molecule has 2 heterocycles. The van der Waals surface area contributed by atoms with Gasteiger partial charge in [-0.15, -0.1) is 0 Å². The maximum absolute atomic E-state index is 13.8. The fourth-order valence-corrected chi connectivity index (χ4v) is 3.57. The molecule has 1 aliphatic heterocycles. The zero-order chi connectivity index (χ0) is 19.6. The normalized spacial score (nSPS) is 16.5. The second-order valence-electron chi connectivity index (χ2n) is 6.63. The van der Waals surface area contributed by atoms with Gasteiger partial charge in [0, 0.05) is 30.1 Å². The van der Waals surface area contributed by atoms with Crippen LogP contribution in [0.25, 0.3) is 0 Å². The van der Waals surface area contributed by atoms with Crippen LogP contribution in [0, 0.1) is 19.7 Å². The van der Waals surface area contributed by atoms with Crippen LogP contribution in [0.4, 0.5) is 4.39 Å². The van der Waals surface area contributed by atoms with Crippen LogP contribution in [0.15, 0.2) is 24.3 Å². The van der Waals surface area contributed by atoms with Gasteiger partial charge in [0.05, 0.1) is 11.1 Å². The maximum Gasteiger partial charge on any atom is 0.343 e. The highest BCUT2D eigenvalue weighted by molar-refractivity contribution is 6.33. The van der Waals surface area contributed by atoms with Gasteiger partial charge >= 0.3 is 5.97 Å². The van der Waals surface area contributed by atoms with E-state index in [4.69, 9.17) is 21.1 Å². The molecule has 0 unspecified atom stereocenters. The van der Waals surface area contributed by atoms with Gasteiger partial charge < -0.3 is 14.0 Å². The number of ketones is 1. The summed E-state index contributed by atoms with van der Waals surface area (Å²) in [5.41, 5.74) is 1.86. The summed E-state index contributed by atoms with van der Waals surface area (Å²) in [7, 11) is 0. The number of benzene rings is 1. The Morgan fingerprint density at radius 1 is 1.37 bits per heavy atom. The Bertz CT molecular complexity index is 851. The van der Waals surface area contributed by atoms with Crippen molar-refractivity contribution < 1.29 is 23.5 Å². The van der Waals surface area contributed by atoms with E-state index in [1.807, 2.05) is 18.4 Å². The summed E-state index contributed by atoms with van der Waals surface area (Å²) in [4.78, 5) is 24.6. The number of ether oxygens (including phenoxy) is 2. The molecule has 0 aliphatic carbocycles. The summed E-state index contributed by atoms with van der Waals surface area (Å²) >= 11 is 5.85. The summed E-state index contributed by atoms with van der Waals surface area (Å²) in [5, 5.41) is -0.0535. The number of aromatic nitrogens is 1. The molecular formula is C20H21ClFNO4. The molecular weight excluding hydrogens is 373 g/mol. The van der Waals surface area contributed by atoms with Crippen LogP contribution in [0.1, 0.15) is 44.9 Å². The fraction of sp³-hybridized carbons (Fsp3) is 0.400. The van der Waals surface area contributed by atoms with Gasteiger partial charge in [-0.05, 0) is 44.9 Å². The van der Waals surface area contributed by atoms with Crippen LogP contribution in [0.2, 0.25) is 5.02 Å². The van der Waals surface area contributed by atoms with Crippen molar-refractivity contribution in [3.63, 3.8) is 0 Å². The zero-order valence-electron chi connectivity index (χ0n) is 15.3. The molecule has 1 saturated heterocycles. The molecule has 144 valence electrons. The monoisotopic (exact) mass is 393 g/mol. The Balaban J connectivity index is 1.68. The third kappa shape index (κ3) is 4.22. The van der Waals surface area contributed by atoms with Crippen molar-refractivity contribution in [2.45, 2.75) is 39.3 Å². The van der Waals surface area contributed by atoms with E-state index in [2.05, 4.69) is 0 Å². The highest BCUT2D eigenvalue weighted by Gasteiger charge is 2.23. The molecule has 0 spiro atoms. The average Bonchev–Trinajstić information content (AvgIpc) is 3.23. The molecule has 1 aromatic heterocycles.